The molecule has 1 aromatic rings. The van der Waals surface area contributed by atoms with Gasteiger partial charge in [0.1, 0.15) is 0 Å². The first-order chi connectivity index (χ1) is 9.26. The second-order valence-electron chi connectivity index (χ2n) is 4.44. The Labute approximate surface area is 124 Å². The predicted molar refractivity (Wildman–Crippen MR) is 77.2 cm³/mol. The van der Waals surface area contributed by atoms with Crippen LogP contribution in [0.3, 0.4) is 0 Å². The number of rotatable bonds is 6. The van der Waals surface area contributed by atoms with Gasteiger partial charge in [0, 0.05) is 11.1 Å². The molecule has 0 aromatic heterocycles. The van der Waals surface area contributed by atoms with Gasteiger partial charge in [0.2, 0.25) is 10.0 Å². The van der Waals surface area contributed by atoms with E-state index >= 15 is 0 Å². The molecule has 0 radical (unpaired) electrons. The number of hydrogen-bond donors (Lipinski definition) is 1. The van der Waals surface area contributed by atoms with Crippen LogP contribution in [0.5, 0.6) is 0 Å². The molecule has 1 atom stereocenters. The minimum absolute atomic E-state index is 0.0212. The van der Waals surface area contributed by atoms with Crippen molar-refractivity contribution >= 4 is 27.6 Å². The average Bonchev–Trinajstić information content (AvgIpc) is 2.31. The molecule has 0 aliphatic heterocycles. The summed E-state index contributed by atoms with van der Waals surface area (Å²) in [5.41, 5.74) is 0.796. The van der Waals surface area contributed by atoms with Crippen molar-refractivity contribution in [3.8, 4) is 0 Å². The van der Waals surface area contributed by atoms with E-state index < -0.39 is 22.0 Å². The van der Waals surface area contributed by atoms with Gasteiger partial charge in [-0.3, -0.25) is 4.79 Å². The maximum atomic E-state index is 12.1. The number of carbonyl (C=O) groups excluding carboxylic acids is 1. The third kappa shape index (κ3) is 4.77. The van der Waals surface area contributed by atoms with Crippen LogP contribution in [0.1, 0.15) is 25.8 Å². The molecule has 20 heavy (non-hydrogen) atoms. The van der Waals surface area contributed by atoms with Crippen LogP contribution < -0.4 is 4.72 Å². The fourth-order valence-corrected chi connectivity index (χ4v) is 3.10. The van der Waals surface area contributed by atoms with Gasteiger partial charge in [0.25, 0.3) is 0 Å². The van der Waals surface area contributed by atoms with Crippen LogP contribution in [0.25, 0.3) is 0 Å². The number of benzene rings is 1. The van der Waals surface area contributed by atoms with Crippen LogP contribution in [0.15, 0.2) is 23.1 Å². The Balaban J connectivity index is 2.79. The summed E-state index contributed by atoms with van der Waals surface area (Å²) in [6.45, 7) is 5.35. The maximum absolute atomic E-state index is 12.1. The molecule has 0 saturated heterocycles. The quantitative estimate of drug-likeness (QED) is 0.816. The maximum Gasteiger partial charge on any atom is 0.307 e. The van der Waals surface area contributed by atoms with Crippen molar-refractivity contribution in [1.29, 1.82) is 0 Å². The van der Waals surface area contributed by atoms with E-state index in [9.17, 15) is 13.2 Å². The Morgan fingerprint density at radius 1 is 1.45 bits per heavy atom. The number of halogens is 1. The van der Waals surface area contributed by atoms with Crippen molar-refractivity contribution < 1.29 is 17.9 Å². The molecule has 5 nitrogen and oxygen atoms in total. The Kier molecular flexibility index (Phi) is 5.98. The lowest BCUT2D eigenvalue weighted by Gasteiger charge is -2.14. The molecular formula is C13H18ClNO4S. The molecule has 112 valence electrons. The second kappa shape index (κ2) is 7.06. The molecule has 0 aliphatic rings. The highest BCUT2D eigenvalue weighted by molar-refractivity contribution is 7.89. The van der Waals surface area contributed by atoms with E-state index in [4.69, 9.17) is 16.3 Å². The zero-order chi connectivity index (χ0) is 15.3. The summed E-state index contributed by atoms with van der Waals surface area (Å²) >= 11 is 5.92. The normalized spacial score (nSPS) is 13.0. The van der Waals surface area contributed by atoms with Crippen LogP contribution >= 0.6 is 11.6 Å². The molecule has 0 heterocycles. The number of aryl methyl sites for hydroxylation is 1. The SMILES string of the molecule is CCOC(=O)CC(C)NS(=O)(=O)c1ccc(C)c(Cl)c1. The lowest BCUT2D eigenvalue weighted by Crippen LogP contribution is -2.34. The summed E-state index contributed by atoms with van der Waals surface area (Å²) in [4.78, 5) is 11.4. The zero-order valence-electron chi connectivity index (χ0n) is 11.6. The lowest BCUT2D eigenvalue weighted by atomic mass is 10.2. The summed E-state index contributed by atoms with van der Waals surface area (Å²) in [6.07, 6.45) is -0.0212. The molecule has 1 unspecified atom stereocenters. The first-order valence-corrected chi connectivity index (χ1v) is 8.06. The average molecular weight is 320 g/mol. The van der Waals surface area contributed by atoms with Gasteiger partial charge in [-0.1, -0.05) is 17.7 Å². The van der Waals surface area contributed by atoms with E-state index in [1.54, 1.807) is 26.8 Å². The van der Waals surface area contributed by atoms with Crippen LogP contribution in [-0.4, -0.2) is 27.0 Å². The van der Waals surface area contributed by atoms with Crippen LogP contribution in [0.2, 0.25) is 5.02 Å². The van der Waals surface area contributed by atoms with Gasteiger partial charge >= 0.3 is 5.97 Å². The molecular weight excluding hydrogens is 302 g/mol. The molecule has 0 aliphatic carbocycles. The van der Waals surface area contributed by atoms with E-state index in [0.717, 1.165) is 5.56 Å². The summed E-state index contributed by atoms with van der Waals surface area (Å²) in [5, 5.41) is 0.380. The number of sulfonamides is 1. The Morgan fingerprint density at radius 2 is 2.10 bits per heavy atom. The van der Waals surface area contributed by atoms with E-state index in [0.29, 0.717) is 5.02 Å². The van der Waals surface area contributed by atoms with E-state index in [-0.39, 0.29) is 17.9 Å². The summed E-state index contributed by atoms with van der Waals surface area (Å²) in [7, 11) is -3.70. The number of carbonyl (C=O) groups is 1. The first kappa shape index (κ1) is 16.9. The number of hydrogen-bond acceptors (Lipinski definition) is 4. The number of nitrogens with one attached hydrogen (secondary N) is 1. The fourth-order valence-electron chi connectivity index (χ4n) is 1.59. The predicted octanol–water partition coefficient (Wildman–Crippen LogP) is 2.27. The van der Waals surface area contributed by atoms with Crippen molar-refractivity contribution in [2.24, 2.45) is 0 Å². The molecule has 0 saturated carbocycles. The highest BCUT2D eigenvalue weighted by Gasteiger charge is 2.20. The molecule has 0 fully saturated rings. The Morgan fingerprint density at radius 3 is 2.65 bits per heavy atom. The fraction of sp³-hybridized carbons (Fsp3) is 0.462. The molecule has 0 bridgehead atoms. The number of ether oxygens (including phenoxy) is 1. The van der Waals surface area contributed by atoms with Crippen molar-refractivity contribution in [2.45, 2.75) is 38.1 Å². The van der Waals surface area contributed by atoms with Gasteiger partial charge in [-0.2, -0.15) is 0 Å². The van der Waals surface area contributed by atoms with Gasteiger partial charge < -0.3 is 4.74 Å². The number of esters is 1. The zero-order valence-corrected chi connectivity index (χ0v) is 13.2. The molecule has 1 aromatic carbocycles. The van der Waals surface area contributed by atoms with Crippen LogP contribution in [-0.2, 0) is 19.6 Å². The van der Waals surface area contributed by atoms with E-state index in [1.807, 2.05) is 0 Å². The largest absolute Gasteiger partial charge is 0.466 e. The summed E-state index contributed by atoms with van der Waals surface area (Å²) < 4.78 is 31.4. The smallest absolute Gasteiger partial charge is 0.307 e. The topological polar surface area (TPSA) is 72.5 Å². The molecule has 7 heteroatoms. The standard InChI is InChI=1S/C13H18ClNO4S/c1-4-19-13(16)7-10(3)15-20(17,18)11-6-5-9(2)12(14)8-11/h5-6,8,10,15H,4,7H2,1-3H3. The van der Waals surface area contributed by atoms with Gasteiger partial charge in [-0.25, -0.2) is 13.1 Å². The summed E-state index contributed by atoms with van der Waals surface area (Å²) in [5.74, 6) is -0.440. The minimum Gasteiger partial charge on any atom is -0.466 e. The van der Waals surface area contributed by atoms with E-state index in [1.165, 1.54) is 12.1 Å². The second-order valence-corrected chi connectivity index (χ2v) is 6.56. The highest BCUT2D eigenvalue weighted by atomic mass is 35.5. The van der Waals surface area contributed by atoms with Crippen LogP contribution in [0, 0.1) is 6.92 Å². The van der Waals surface area contributed by atoms with Crippen molar-refractivity contribution in [3.63, 3.8) is 0 Å². The minimum atomic E-state index is -3.70. The van der Waals surface area contributed by atoms with Crippen molar-refractivity contribution in [2.75, 3.05) is 6.61 Å². The third-order valence-corrected chi connectivity index (χ3v) is 4.58. The van der Waals surface area contributed by atoms with Crippen molar-refractivity contribution in [1.82, 2.24) is 4.72 Å². The van der Waals surface area contributed by atoms with Crippen LogP contribution in [0.4, 0.5) is 0 Å². The summed E-state index contributed by atoms with van der Waals surface area (Å²) in [6, 6.07) is 3.93. The first-order valence-electron chi connectivity index (χ1n) is 6.20. The highest BCUT2D eigenvalue weighted by Crippen LogP contribution is 2.20. The molecule has 0 spiro atoms. The molecule has 1 N–H and O–H groups in total. The Hall–Kier alpha value is -1.11. The lowest BCUT2D eigenvalue weighted by molar-refractivity contribution is -0.143. The Bertz CT molecular complexity index is 586. The molecule has 1 rings (SSSR count). The third-order valence-electron chi connectivity index (χ3n) is 2.59. The van der Waals surface area contributed by atoms with E-state index in [2.05, 4.69) is 4.72 Å². The van der Waals surface area contributed by atoms with Gasteiger partial charge in [0.15, 0.2) is 0 Å². The van der Waals surface area contributed by atoms with Crippen molar-refractivity contribution in [3.05, 3.63) is 28.8 Å². The van der Waals surface area contributed by atoms with Gasteiger partial charge in [-0.15, -0.1) is 0 Å². The monoisotopic (exact) mass is 319 g/mol. The van der Waals surface area contributed by atoms with Gasteiger partial charge in [-0.05, 0) is 38.5 Å². The van der Waals surface area contributed by atoms with Gasteiger partial charge in [0.05, 0.1) is 17.9 Å². The molecule has 0 amide bonds.